The number of carbonyl (C=O) groups is 1. The molecule has 5 rings (SSSR count). The van der Waals surface area contributed by atoms with Crippen LogP contribution in [-0.4, -0.2) is 12.5 Å². The van der Waals surface area contributed by atoms with Gasteiger partial charge < -0.3 is 9.64 Å². The second kappa shape index (κ2) is 8.84. The van der Waals surface area contributed by atoms with E-state index in [0.29, 0.717) is 13.0 Å². The first-order valence-corrected chi connectivity index (χ1v) is 11.2. The SMILES string of the molecule is C#CCN1C(=O)CC(c2ccc(OCc3ccc(C)cc3)cc2)c2c1ccc1ccccc21. The Morgan fingerprint density at radius 3 is 2.48 bits per heavy atom. The van der Waals surface area contributed by atoms with E-state index in [1.807, 2.05) is 30.3 Å². The van der Waals surface area contributed by atoms with Gasteiger partial charge in [-0.05, 0) is 52.6 Å². The Bertz CT molecular complexity index is 1350. The Morgan fingerprint density at radius 1 is 0.970 bits per heavy atom. The number of ether oxygens (including phenoxy) is 1. The number of benzene rings is 4. The summed E-state index contributed by atoms with van der Waals surface area (Å²) < 4.78 is 5.99. The van der Waals surface area contributed by atoms with Crippen LogP contribution in [-0.2, 0) is 11.4 Å². The van der Waals surface area contributed by atoms with Crippen molar-refractivity contribution in [1.29, 1.82) is 0 Å². The molecule has 1 atom stereocenters. The van der Waals surface area contributed by atoms with Crippen molar-refractivity contribution in [3.8, 4) is 18.1 Å². The van der Waals surface area contributed by atoms with Gasteiger partial charge >= 0.3 is 0 Å². The van der Waals surface area contributed by atoms with Gasteiger partial charge in [-0.15, -0.1) is 6.42 Å². The molecular weight excluding hydrogens is 406 g/mol. The van der Waals surface area contributed by atoms with Gasteiger partial charge in [-0.3, -0.25) is 4.79 Å². The molecule has 1 heterocycles. The molecule has 4 aromatic rings. The van der Waals surface area contributed by atoms with Crippen LogP contribution in [0.25, 0.3) is 10.8 Å². The van der Waals surface area contributed by atoms with Crippen molar-refractivity contribution in [3.05, 3.63) is 107 Å². The number of rotatable bonds is 5. The van der Waals surface area contributed by atoms with E-state index in [0.717, 1.165) is 38.9 Å². The number of anilines is 1. The van der Waals surface area contributed by atoms with E-state index in [9.17, 15) is 4.79 Å². The minimum atomic E-state index is -0.0289. The van der Waals surface area contributed by atoms with Crippen molar-refractivity contribution < 1.29 is 9.53 Å². The van der Waals surface area contributed by atoms with Gasteiger partial charge in [0.15, 0.2) is 0 Å². The van der Waals surface area contributed by atoms with Crippen LogP contribution < -0.4 is 9.64 Å². The van der Waals surface area contributed by atoms with E-state index < -0.39 is 0 Å². The molecule has 0 fully saturated rings. The summed E-state index contributed by atoms with van der Waals surface area (Å²) in [6.45, 7) is 2.88. The molecule has 0 N–H and O–H groups in total. The Hall–Kier alpha value is -4.03. The summed E-state index contributed by atoms with van der Waals surface area (Å²) in [4.78, 5) is 14.8. The first-order valence-electron chi connectivity index (χ1n) is 11.2. The molecule has 0 aromatic heterocycles. The van der Waals surface area contributed by atoms with Gasteiger partial charge in [0, 0.05) is 18.0 Å². The van der Waals surface area contributed by atoms with E-state index in [2.05, 4.69) is 67.4 Å². The first-order chi connectivity index (χ1) is 16.1. The third-order valence-electron chi connectivity index (χ3n) is 6.32. The predicted octanol–water partition coefficient (Wildman–Crippen LogP) is 6.23. The third kappa shape index (κ3) is 4.08. The lowest BCUT2D eigenvalue weighted by Gasteiger charge is -2.34. The fourth-order valence-corrected chi connectivity index (χ4v) is 4.60. The van der Waals surface area contributed by atoms with Crippen molar-refractivity contribution in [2.24, 2.45) is 0 Å². The summed E-state index contributed by atoms with van der Waals surface area (Å²) in [5.74, 6) is 3.48. The highest BCUT2D eigenvalue weighted by Crippen LogP contribution is 2.44. The standard InChI is InChI=1S/C30H25NO2/c1-3-18-31-28-17-14-23-6-4-5-7-26(23)30(28)27(19-29(31)32)24-12-15-25(16-13-24)33-20-22-10-8-21(2)9-11-22/h1,4-17,27H,18-20H2,2H3. The Kier molecular flexibility index (Phi) is 5.59. The van der Waals surface area contributed by atoms with E-state index in [4.69, 9.17) is 11.2 Å². The lowest BCUT2D eigenvalue weighted by Crippen LogP contribution is -2.37. The number of aryl methyl sites for hydroxylation is 1. The fraction of sp³-hybridized carbons (Fsp3) is 0.167. The number of carbonyl (C=O) groups excluding carboxylic acids is 1. The third-order valence-corrected chi connectivity index (χ3v) is 6.32. The highest BCUT2D eigenvalue weighted by molar-refractivity contribution is 6.03. The number of fused-ring (bicyclic) bond motifs is 3. The highest BCUT2D eigenvalue weighted by Gasteiger charge is 2.33. The van der Waals surface area contributed by atoms with Crippen LogP contribution >= 0.6 is 0 Å². The summed E-state index contributed by atoms with van der Waals surface area (Å²) >= 11 is 0. The number of nitrogens with zero attached hydrogens (tertiary/aromatic N) is 1. The molecule has 1 amide bonds. The van der Waals surface area contributed by atoms with Crippen molar-refractivity contribution in [3.63, 3.8) is 0 Å². The first kappa shape index (κ1) is 20.8. The maximum Gasteiger partial charge on any atom is 0.228 e. The summed E-state index contributed by atoms with van der Waals surface area (Å²) in [7, 11) is 0. The fourth-order valence-electron chi connectivity index (χ4n) is 4.60. The van der Waals surface area contributed by atoms with Crippen molar-refractivity contribution >= 4 is 22.4 Å². The second-order valence-corrected chi connectivity index (χ2v) is 8.50. The monoisotopic (exact) mass is 431 g/mol. The maximum atomic E-state index is 13.0. The van der Waals surface area contributed by atoms with Gasteiger partial charge in [0.1, 0.15) is 12.4 Å². The topological polar surface area (TPSA) is 29.5 Å². The molecule has 0 saturated heterocycles. The normalized spacial score (nSPS) is 15.2. The van der Waals surface area contributed by atoms with Crippen LogP contribution in [0, 0.1) is 19.3 Å². The summed E-state index contributed by atoms with van der Waals surface area (Å²) in [5.41, 5.74) is 5.54. The van der Waals surface area contributed by atoms with E-state index in [1.54, 1.807) is 4.90 Å². The molecular formula is C30H25NO2. The highest BCUT2D eigenvalue weighted by atomic mass is 16.5. The molecule has 0 radical (unpaired) electrons. The zero-order valence-electron chi connectivity index (χ0n) is 18.6. The zero-order valence-corrected chi connectivity index (χ0v) is 18.6. The summed E-state index contributed by atoms with van der Waals surface area (Å²) in [6, 6.07) is 28.9. The van der Waals surface area contributed by atoms with Crippen molar-refractivity contribution in [2.75, 3.05) is 11.4 Å². The van der Waals surface area contributed by atoms with Crippen LogP contribution in [0.1, 0.15) is 34.6 Å². The molecule has 0 bridgehead atoms. The Labute approximate surface area is 194 Å². The van der Waals surface area contributed by atoms with Crippen LogP contribution in [0.3, 0.4) is 0 Å². The van der Waals surface area contributed by atoms with Crippen molar-refractivity contribution in [2.45, 2.75) is 25.9 Å². The molecule has 1 unspecified atom stereocenters. The van der Waals surface area contributed by atoms with Gasteiger partial charge in [0.25, 0.3) is 0 Å². The van der Waals surface area contributed by atoms with E-state index >= 15 is 0 Å². The van der Waals surface area contributed by atoms with Gasteiger partial charge in [-0.2, -0.15) is 0 Å². The number of hydrogen-bond acceptors (Lipinski definition) is 2. The molecule has 0 aliphatic carbocycles. The van der Waals surface area contributed by atoms with Crippen LogP contribution in [0.5, 0.6) is 5.75 Å². The summed E-state index contributed by atoms with van der Waals surface area (Å²) in [5, 5.41) is 2.32. The van der Waals surface area contributed by atoms with Crippen LogP contribution in [0.2, 0.25) is 0 Å². The van der Waals surface area contributed by atoms with Gasteiger partial charge in [0.05, 0.1) is 6.54 Å². The molecule has 1 aliphatic heterocycles. The maximum absolute atomic E-state index is 13.0. The molecule has 3 heteroatoms. The molecule has 162 valence electrons. The molecule has 1 aliphatic rings. The molecule has 0 spiro atoms. The average Bonchev–Trinajstić information content (AvgIpc) is 2.85. The average molecular weight is 432 g/mol. The number of terminal acetylenes is 1. The van der Waals surface area contributed by atoms with Gasteiger partial charge in [0.2, 0.25) is 5.91 Å². The largest absolute Gasteiger partial charge is 0.489 e. The Morgan fingerprint density at radius 2 is 1.73 bits per heavy atom. The number of amides is 1. The van der Waals surface area contributed by atoms with Crippen molar-refractivity contribution in [1.82, 2.24) is 0 Å². The predicted molar refractivity (Wildman–Crippen MR) is 134 cm³/mol. The molecule has 3 nitrogen and oxygen atoms in total. The van der Waals surface area contributed by atoms with Crippen LogP contribution in [0.15, 0.2) is 84.9 Å². The Balaban J connectivity index is 1.47. The van der Waals surface area contributed by atoms with Crippen LogP contribution in [0.4, 0.5) is 5.69 Å². The van der Waals surface area contributed by atoms with E-state index in [-0.39, 0.29) is 18.4 Å². The molecule has 4 aromatic carbocycles. The number of hydrogen-bond donors (Lipinski definition) is 0. The van der Waals surface area contributed by atoms with Gasteiger partial charge in [-0.1, -0.05) is 78.2 Å². The molecule has 33 heavy (non-hydrogen) atoms. The van der Waals surface area contributed by atoms with Gasteiger partial charge in [-0.25, -0.2) is 0 Å². The zero-order chi connectivity index (χ0) is 22.8. The van der Waals surface area contributed by atoms with E-state index in [1.165, 1.54) is 5.56 Å². The minimum Gasteiger partial charge on any atom is -0.489 e. The molecule has 0 saturated carbocycles. The lowest BCUT2D eigenvalue weighted by molar-refractivity contribution is -0.119. The summed E-state index contributed by atoms with van der Waals surface area (Å²) in [6.07, 6.45) is 5.97. The smallest absolute Gasteiger partial charge is 0.228 e. The second-order valence-electron chi connectivity index (χ2n) is 8.50. The minimum absolute atomic E-state index is 0.0289. The quantitative estimate of drug-likeness (QED) is 0.351. The lowest BCUT2D eigenvalue weighted by atomic mass is 9.81.